The summed E-state index contributed by atoms with van der Waals surface area (Å²) in [4.78, 5) is 0. The van der Waals surface area contributed by atoms with Crippen LogP contribution in [0, 0.1) is 0 Å². The van der Waals surface area contributed by atoms with Gasteiger partial charge in [-0.25, -0.2) is 8.42 Å². The van der Waals surface area contributed by atoms with Gasteiger partial charge < -0.3 is 5.32 Å². The molecule has 1 heterocycles. The quantitative estimate of drug-likeness (QED) is 0.805. The van der Waals surface area contributed by atoms with Gasteiger partial charge in [0.15, 0.2) is 9.84 Å². The standard InChI is InChI=1S/C9H16ClNO2S/c1-7(5-10)6-11-9-3-4-14(12,13)8(9)2/h5,8-9,11H,3-4,6H2,1-2H3/b7-5+. The number of rotatable bonds is 3. The number of nitrogens with one attached hydrogen (secondary N) is 1. The Hall–Kier alpha value is -0.0600. The number of sulfone groups is 1. The molecule has 3 nitrogen and oxygen atoms in total. The number of hydrogen-bond donors (Lipinski definition) is 1. The Balaban J connectivity index is 2.49. The van der Waals surface area contributed by atoms with Crippen molar-refractivity contribution in [2.24, 2.45) is 0 Å². The molecule has 0 aromatic rings. The van der Waals surface area contributed by atoms with Crippen molar-refractivity contribution in [3.63, 3.8) is 0 Å². The average Bonchev–Trinajstić information content (AvgIpc) is 2.40. The molecular formula is C9H16ClNO2S. The first kappa shape index (κ1) is 12.0. The fraction of sp³-hybridized carbons (Fsp3) is 0.778. The first-order chi connectivity index (χ1) is 6.47. The van der Waals surface area contributed by atoms with Crippen molar-refractivity contribution in [1.82, 2.24) is 5.32 Å². The molecule has 1 fully saturated rings. The van der Waals surface area contributed by atoms with Crippen molar-refractivity contribution in [3.8, 4) is 0 Å². The van der Waals surface area contributed by atoms with E-state index in [2.05, 4.69) is 5.32 Å². The van der Waals surface area contributed by atoms with Gasteiger partial charge in [0.2, 0.25) is 0 Å². The lowest BCUT2D eigenvalue weighted by molar-refractivity contribution is 0.525. The van der Waals surface area contributed by atoms with Gasteiger partial charge in [-0.15, -0.1) is 0 Å². The van der Waals surface area contributed by atoms with Crippen LogP contribution in [0.3, 0.4) is 0 Å². The van der Waals surface area contributed by atoms with E-state index in [4.69, 9.17) is 11.6 Å². The summed E-state index contributed by atoms with van der Waals surface area (Å²) in [6.07, 6.45) is 0.707. The second kappa shape index (κ2) is 4.64. The maximum Gasteiger partial charge on any atom is 0.154 e. The normalized spacial score (nSPS) is 32.1. The molecule has 5 heteroatoms. The van der Waals surface area contributed by atoms with E-state index in [0.29, 0.717) is 18.7 Å². The van der Waals surface area contributed by atoms with E-state index in [9.17, 15) is 8.42 Å². The van der Waals surface area contributed by atoms with Crippen molar-refractivity contribution >= 4 is 21.4 Å². The zero-order valence-corrected chi connectivity index (χ0v) is 10.0. The molecule has 82 valence electrons. The summed E-state index contributed by atoms with van der Waals surface area (Å²) in [6, 6.07) is 0.0755. The van der Waals surface area contributed by atoms with Crippen LogP contribution in [0.15, 0.2) is 11.1 Å². The van der Waals surface area contributed by atoms with Crippen LogP contribution < -0.4 is 5.32 Å². The largest absolute Gasteiger partial charge is 0.309 e. The summed E-state index contributed by atoms with van der Waals surface area (Å²) < 4.78 is 22.8. The third kappa shape index (κ3) is 2.72. The van der Waals surface area contributed by atoms with E-state index in [-0.39, 0.29) is 11.3 Å². The zero-order valence-electron chi connectivity index (χ0n) is 8.46. The van der Waals surface area contributed by atoms with E-state index in [1.54, 1.807) is 6.92 Å². The maximum atomic E-state index is 11.4. The highest BCUT2D eigenvalue weighted by Gasteiger charge is 2.35. The van der Waals surface area contributed by atoms with Gasteiger partial charge in [-0.2, -0.15) is 0 Å². The topological polar surface area (TPSA) is 46.2 Å². The smallest absolute Gasteiger partial charge is 0.154 e. The van der Waals surface area contributed by atoms with Crippen LogP contribution in [-0.2, 0) is 9.84 Å². The highest BCUT2D eigenvalue weighted by molar-refractivity contribution is 7.92. The Morgan fingerprint density at radius 2 is 2.29 bits per heavy atom. The molecule has 1 N–H and O–H groups in total. The third-order valence-electron chi connectivity index (χ3n) is 2.68. The van der Waals surface area contributed by atoms with Gasteiger partial charge in [0.25, 0.3) is 0 Å². The van der Waals surface area contributed by atoms with E-state index in [1.807, 2.05) is 6.92 Å². The molecule has 1 rings (SSSR count). The molecule has 0 spiro atoms. The molecule has 0 aliphatic carbocycles. The summed E-state index contributed by atoms with van der Waals surface area (Å²) in [5, 5.41) is 2.93. The first-order valence-electron chi connectivity index (χ1n) is 4.68. The second-order valence-electron chi connectivity index (χ2n) is 3.80. The van der Waals surface area contributed by atoms with E-state index in [0.717, 1.165) is 5.57 Å². The molecule has 2 atom stereocenters. The van der Waals surface area contributed by atoms with Gasteiger partial charge in [-0.05, 0) is 25.8 Å². The Bertz CT molecular complexity index is 324. The number of hydrogen-bond acceptors (Lipinski definition) is 3. The van der Waals surface area contributed by atoms with Crippen LogP contribution in [-0.4, -0.2) is 32.0 Å². The zero-order chi connectivity index (χ0) is 10.8. The summed E-state index contributed by atoms with van der Waals surface area (Å²) in [6.45, 7) is 4.34. The van der Waals surface area contributed by atoms with Gasteiger partial charge in [-0.1, -0.05) is 11.6 Å². The monoisotopic (exact) mass is 237 g/mol. The molecule has 0 aromatic carbocycles. The predicted molar refractivity (Wildman–Crippen MR) is 59.3 cm³/mol. The van der Waals surface area contributed by atoms with Crippen LogP contribution in [0.25, 0.3) is 0 Å². The Labute approximate surface area is 90.4 Å². The molecule has 0 radical (unpaired) electrons. The van der Waals surface area contributed by atoms with Crippen LogP contribution in [0.4, 0.5) is 0 Å². The molecule has 1 saturated heterocycles. The van der Waals surface area contributed by atoms with Crippen molar-refractivity contribution in [2.45, 2.75) is 31.6 Å². The van der Waals surface area contributed by atoms with Gasteiger partial charge in [0.1, 0.15) is 0 Å². The summed E-state index contributed by atoms with van der Waals surface area (Å²) in [7, 11) is -2.84. The van der Waals surface area contributed by atoms with Crippen LogP contribution >= 0.6 is 11.6 Å². The van der Waals surface area contributed by atoms with E-state index < -0.39 is 9.84 Å². The van der Waals surface area contributed by atoms with Crippen molar-refractivity contribution < 1.29 is 8.42 Å². The second-order valence-corrected chi connectivity index (χ2v) is 6.50. The minimum atomic E-state index is -2.84. The molecule has 0 amide bonds. The van der Waals surface area contributed by atoms with Gasteiger partial charge in [0, 0.05) is 18.1 Å². The molecule has 1 aliphatic rings. The van der Waals surface area contributed by atoms with Crippen molar-refractivity contribution in [2.75, 3.05) is 12.3 Å². The molecule has 0 bridgehead atoms. The lowest BCUT2D eigenvalue weighted by Gasteiger charge is -2.15. The minimum absolute atomic E-state index is 0.0755. The highest BCUT2D eigenvalue weighted by Crippen LogP contribution is 2.20. The van der Waals surface area contributed by atoms with E-state index >= 15 is 0 Å². The minimum Gasteiger partial charge on any atom is -0.309 e. The number of halogens is 1. The first-order valence-corrected chi connectivity index (χ1v) is 6.83. The van der Waals surface area contributed by atoms with Crippen LogP contribution in [0.2, 0.25) is 0 Å². The van der Waals surface area contributed by atoms with Crippen molar-refractivity contribution in [3.05, 3.63) is 11.1 Å². The summed E-state index contributed by atoms with van der Waals surface area (Å²) in [5.41, 5.74) is 2.53. The lowest BCUT2D eigenvalue weighted by Crippen LogP contribution is -2.37. The lowest BCUT2D eigenvalue weighted by atomic mass is 10.1. The Kier molecular flexibility index (Phi) is 3.98. The Morgan fingerprint density at radius 3 is 2.71 bits per heavy atom. The third-order valence-corrected chi connectivity index (χ3v) is 5.31. The predicted octanol–water partition coefficient (Wildman–Crippen LogP) is 1.29. The van der Waals surface area contributed by atoms with Gasteiger partial charge >= 0.3 is 0 Å². The summed E-state index contributed by atoms with van der Waals surface area (Å²) in [5.74, 6) is 0.301. The van der Waals surface area contributed by atoms with Crippen molar-refractivity contribution in [1.29, 1.82) is 0 Å². The summed E-state index contributed by atoms with van der Waals surface area (Å²) >= 11 is 5.51. The van der Waals surface area contributed by atoms with Gasteiger partial charge in [-0.3, -0.25) is 0 Å². The highest BCUT2D eigenvalue weighted by atomic mass is 35.5. The fourth-order valence-corrected chi connectivity index (χ4v) is 3.33. The van der Waals surface area contributed by atoms with E-state index in [1.165, 1.54) is 5.54 Å². The molecule has 0 aromatic heterocycles. The van der Waals surface area contributed by atoms with Gasteiger partial charge in [0.05, 0.1) is 11.0 Å². The fourth-order valence-electron chi connectivity index (χ4n) is 1.56. The van der Waals surface area contributed by atoms with Crippen LogP contribution in [0.5, 0.6) is 0 Å². The SMILES string of the molecule is C/C(=C\Cl)CNC1CCS(=O)(=O)C1C. The molecule has 0 saturated carbocycles. The Morgan fingerprint density at radius 1 is 1.64 bits per heavy atom. The molecule has 14 heavy (non-hydrogen) atoms. The molecule has 2 unspecified atom stereocenters. The average molecular weight is 238 g/mol. The van der Waals surface area contributed by atoms with Crippen LogP contribution in [0.1, 0.15) is 20.3 Å². The maximum absolute atomic E-state index is 11.4. The molecular weight excluding hydrogens is 222 g/mol. The molecule has 1 aliphatic heterocycles.